The predicted octanol–water partition coefficient (Wildman–Crippen LogP) is 22.0. The molecule has 0 unspecified atom stereocenters. The van der Waals surface area contributed by atoms with E-state index in [-0.39, 0.29) is 11.3 Å². The molecule has 0 atom stereocenters. The molecule has 2 aromatic heterocycles. The third kappa shape index (κ3) is 9.00. The van der Waals surface area contributed by atoms with Crippen LogP contribution in [0.15, 0.2) is 313 Å². The molecule has 0 saturated carbocycles. The molecule has 0 saturated heterocycles. The molecular formula is C87H57N3O2. The van der Waals surface area contributed by atoms with Gasteiger partial charge in [0.15, 0.2) is 5.78 Å². The number of Topliss-reactive ketones (excluding diaryl/α,β-unsaturated/α-hetero) is 1. The molecule has 0 aliphatic carbocycles. The van der Waals surface area contributed by atoms with Gasteiger partial charge in [-0.1, -0.05) is 273 Å². The van der Waals surface area contributed by atoms with E-state index >= 15 is 4.79 Å². The van der Waals surface area contributed by atoms with Crippen molar-refractivity contribution in [3.63, 3.8) is 0 Å². The Bertz CT molecular complexity index is 5690. The second kappa shape index (κ2) is 22.3. The summed E-state index contributed by atoms with van der Waals surface area (Å²) in [4.78, 5) is 41.7. The molecule has 3 heterocycles. The fourth-order valence-corrected chi connectivity index (χ4v) is 14.6. The summed E-state index contributed by atoms with van der Waals surface area (Å²) in [6.45, 7) is 2.10. The van der Waals surface area contributed by atoms with Crippen LogP contribution < -0.4 is 5.56 Å². The number of hydrogen-bond acceptors (Lipinski definition) is 4. The molecule has 0 N–H and O–H groups in total. The fraction of sp³-hybridized carbons (Fsp3) is 0.0345. The van der Waals surface area contributed by atoms with E-state index < -0.39 is 0 Å². The maximum atomic E-state index is 15.5. The largest absolute Gasteiger partial charge is 0.294 e. The topological polar surface area (TPSA) is 63.8 Å². The molecule has 0 spiro atoms. The number of imidazole rings is 1. The van der Waals surface area contributed by atoms with E-state index in [9.17, 15) is 4.79 Å². The van der Waals surface area contributed by atoms with Crippen LogP contribution in [0.3, 0.4) is 0 Å². The van der Waals surface area contributed by atoms with Gasteiger partial charge in [-0.25, -0.2) is 4.98 Å². The maximum Gasteiger partial charge on any atom is 0.264 e. The molecule has 16 aromatic rings. The molecule has 0 bridgehead atoms. The van der Waals surface area contributed by atoms with Gasteiger partial charge in [0.1, 0.15) is 5.65 Å². The lowest BCUT2D eigenvalue weighted by atomic mass is 9.82. The molecule has 0 amide bonds. The lowest BCUT2D eigenvalue weighted by molar-refractivity contribution is 0.0984. The number of aromatic nitrogens is 2. The number of pyridine rings is 1. The standard InChI is InChI=1S/C87H57N3O2/c1-54-66-46-47-67(56-23-8-2-9-24-56)69-37-21-39-71(81(66)69)77(91)50-45-65-52-74(57-25-10-3-11-26-57)78(80(83(65)88-54)62-33-18-7-19-34-62)64-36-20-35-63(51-64)55-41-43-60(44-42-55)68-48-49-72-82-70(68)38-22-40-73(82)87(92)90-85-76(59-29-14-5-15-30-59)53-75(58-27-12-4-13-28-58)79(84(85)89-86(72)90)61-31-16-6-17-32-61/h2-44,46-49,51-53H,45,50H2,1H3. The van der Waals surface area contributed by atoms with Crippen molar-refractivity contribution in [1.82, 2.24) is 9.38 Å². The highest BCUT2D eigenvalue weighted by molar-refractivity contribution is 6.23. The Morgan fingerprint density at radius 2 is 0.783 bits per heavy atom. The summed E-state index contributed by atoms with van der Waals surface area (Å²) in [7, 11) is 0. The summed E-state index contributed by atoms with van der Waals surface area (Å²) in [5, 5.41) is 5.43. The Balaban J connectivity index is 0.813. The minimum Gasteiger partial charge on any atom is -0.294 e. The van der Waals surface area contributed by atoms with Crippen LogP contribution in [0.1, 0.15) is 34.8 Å². The van der Waals surface area contributed by atoms with Crippen LogP contribution in [0.4, 0.5) is 5.69 Å². The van der Waals surface area contributed by atoms with Crippen LogP contribution in [-0.4, -0.2) is 20.9 Å². The van der Waals surface area contributed by atoms with Gasteiger partial charge in [-0.2, -0.15) is 0 Å². The fourth-order valence-electron chi connectivity index (χ4n) is 14.6. The zero-order valence-electron chi connectivity index (χ0n) is 50.4. The number of rotatable bonds is 9. The van der Waals surface area contributed by atoms with Crippen molar-refractivity contribution < 1.29 is 4.79 Å². The quantitative estimate of drug-likeness (QED) is 0.145. The molecule has 17 rings (SSSR count). The van der Waals surface area contributed by atoms with E-state index in [4.69, 9.17) is 9.98 Å². The van der Waals surface area contributed by atoms with Crippen molar-refractivity contribution in [1.29, 1.82) is 0 Å². The van der Waals surface area contributed by atoms with Crippen molar-refractivity contribution in [3.8, 4) is 100 Å². The first-order chi connectivity index (χ1) is 45.4. The monoisotopic (exact) mass is 1180 g/mol. The van der Waals surface area contributed by atoms with E-state index in [2.05, 4.69) is 262 Å². The molecule has 14 aromatic carbocycles. The van der Waals surface area contributed by atoms with Gasteiger partial charge in [-0.3, -0.25) is 19.0 Å². The van der Waals surface area contributed by atoms with Crippen molar-refractivity contribution in [2.75, 3.05) is 0 Å². The van der Waals surface area contributed by atoms with Crippen LogP contribution in [0, 0.1) is 0 Å². The summed E-state index contributed by atoms with van der Waals surface area (Å²) >= 11 is 0. The number of carbonyl (C=O) groups is 1. The van der Waals surface area contributed by atoms with Gasteiger partial charge < -0.3 is 0 Å². The van der Waals surface area contributed by atoms with Crippen LogP contribution in [0.25, 0.3) is 149 Å². The zero-order chi connectivity index (χ0) is 61.4. The SMILES string of the molecule is CC1=Nc2c(cc(-c3ccccc3)c(-c3cccc(-c4ccc(-c5ccc6c7c5cccc7c(=O)n5c6nc6c(-c7ccccc7)c(-c7ccccc7)cc(-c7ccccc7)c65)cc4)c3)c2-c2ccccc2)CCC(=O)c2cccc3c(-c4ccccc4)ccc1c23. The first-order valence-corrected chi connectivity index (χ1v) is 31.5. The molecule has 432 valence electrons. The normalized spacial score (nSPS) is 12.4. The molecule has 5 nitrogen and oxygen atoms in total. The number of fused-ring (bicyclic) bond motifs is 5. The van der Waals surface area contributed by atoms with Crippen molar-refractivity contribution in [3.05, 3.63) is 330 Å². The highest BCUT2D eigenvalue weighted by atomic mass is 16.1. The number of benzene rings is 14. The molecule has 0 fully saturated rings. The van der Waals surface area contributed by atoms with Gasteiger partial charge in [0, 0.05) is 61.5 Å². The zero-order valence-corrected chi connectivity index (χ0v) is 50.4. The number of aryl methyl sites for hydroxylation is 1. The van der Waals surface area contributed by atoms with E-state index in [1.165, 1.54) is 0 Å². The van der Waals surface area contributed by atoms with E-state index in [0.717, 1.165) is 166 Å². The minimum absolute atomic E-state index is 0.100. The second-order valence-corrected chi connectivity index (χ2v) is 24.1. The van der Waals surface area contributed by atoms with Crippen LogP contribution >= 0.6 is 0 Å². The maximum absolute atomic E-state index is 15.5. The Labute approximate surface area is 532 Å². The van der Waals surface area contributed by atoms with Gasteiger partial charge in [-0.05, 0) is 143 Å². The molecule has 1 aliphatic heterocycles. The number of carbonyl (C=O) groups excluding carboxylic acids is 1. The van der Waals surface area contributed by atoms with E-state index in [1.807, 2.05) is 52.9 Å². The van der Waals surface area contributed by atoms with Gasteiger partial charge >= 0.3 is 0 Å². The van der Waals surface area contributed by atoms with Gasteiger partial charge in [0.2, 0.25) is 0 Å². The van der Waals surface area contributed by atoms with Crippen LogP contribution in [0.5, 0.6) is 0 Å². The smallest absolute Gasteiger partial charge is 0.264 e. The van der Waals surface area contributed by atoms with E-state index in [0.29, 0.717) is 23.9 Å². The van der Waals surface area contributed by atoms with Crippen LogP contribution in [0.2, 0.25) is 0 Å². The Morgan fingerprint density at radius 1 is 0.315 bits per heavy atom. The second-order valence-electron chi connectivity index (χ2n) is 24.1. The molecule has 5 heteroatoms. The summed E-state index contributed by atoms with van der Waals surface area (Å²) in [5.41, 5.74) is 25.4. The lowest BCUT2D eigenvalue weighted by Crippen LogP contribution is -2.13. The van der Waals surface area contributed by atoms with Crippen molar-refractivity contribution >= 4 is 66.2 Å². The number of hydrogen-bond donors (Lipinski definition) is 0. The van der Waals surface area contributed by atoms with E-state index in [1.54, 1.807) is 0 Å². The average molecular weight is 1180 g/mol. The Kier molecular flexibility index (Phi) is 13.1. The molecule has 92 heavy (non-hydrogen) atoms. The van der Waals surface area contributed by atoms with Crippen LogP contribution in [-0.2, 0) is 6.42 Å². The third-order valence-electron chi connectivity index (χ3n) is 18.8. The first kappa shape index (κ1) is 54.2. The molecule has 1 aliphatic rings. The summed E-state index contributed by atoms with van der Waals surface area (Å²) in [6.07, 6.45) is 0.840. The van der Waals surface area contributed by atoms with Crippen molar-refractivity contribution in [2.24, 2.45) is 4.99 Å². The third-order valence-corrected chi connectivity index (χ3v) is 18.8. The van der Waals surface area contributed by atoms with Gasteiger partial charge in [-0.15, -0.1) is 0 Å². The summed E-state index contributed by atoms with van der Waals surface area (Å²) in [5.74, 6) is 0.113. The number of nitrogens with zero attached hydrogens (tertiary/aromatic N) is 3. The van der Waals surface area contributed by atoms with Crippen molar-refractivity contribution in [2.45, 2.75) is 19.8 Å². The van der Waals surface area contributed by atoms with Gasteiger partial charge in [0.25, 0.3) is 5.56 Å². The summed E-state index contributed by atoms with van der Waals surface area (Å²) in [6, 6.07) is 106. The highest BCUT2D eigenvalue weighted by Crippen LogP contribution is 2.50. The lowest BCUT2D eigenvalue weighted by Gasteiger charge is -2.24. The van der Waals surface area contributed by atoms with Gasteiger partial charge in [0.05, 0.1) is 16.7 Å². The predicted molar refractivity (Wildman–Crippen MR) is 383 cm³/mol. The highest BCUT2D eigenvalue weighted by Gasteiger charge is 2.28. The first-order valence-electron chi connectivity index (χ1n) is 31.5. The average Bonchev–Trinajstić information content (AvgIpc) is 1.59. The Hall–Kier alpha value is -11.9. The Morgan fingerprint density at radius 3 is 1.41 bits per heavy atom. The summed E-state index contributed by atoms with van der Waals surface area (Å²) < 4.78 is 1.87. The number of aliphatic imine (C=N–C) groups is 1. The molecular weight excluding hydrogens is 1120 g/mol. The minimum atomic E-state index is -0.100. The molecule has 0 radical (unpaired) electrons. The number of ketones is 1.